The van der Waals surface area contributed by atoms with Crippen molar-refractivity contribution in [2.45, 2.75) is 25.3 Å². The molecule has 1 fully saturated rings. The first-order chi connectivity index (χ1) is 14.6. The molecule has 2 aliphatic heterocycles. The minimum Gasteiger partial charge on any atom is -0.493 e. The molecular weight excluding hydrogens is 382 g/mol. The van der Waals surface area contributed by atoms with Gasteiger partial charge in [-0.15, -0.1) is 0 Å². The lowest BCUT2D eigenvalue weighted by atomic mass is 9.84. The predicted molar refractivity (Wildman–Crippen MR) is 115 cm³/mol. The summed E-state index contributed by atoms with van der Waals surface area (Å²) in [7, 11) is 6.50. The Morgan fingerprint density at radius 3 is 2.23 bits per heavy atom. The highest BCUT2D eigenvalue weighted by Crippen LogP contribution is 2.48. The van der Waals surface area contributed by atoms with E-state index in [1.807, 2.05) is 29.2 Å². The first-order valence-electron chi connectivity index (χ1n) is 10.2. The summed E-state index contributed by atoms with van der Waals surface area (Å²) in [4.78, 5) is 15.6. The van der Waals surface area contributed by atoms with E-state index in [2.05, 4.69) is 0 Å². The maximum atomic E-state index is 13.6. The van der Waals surface area contributed by atoms with Crippen LogP contribution < -0.4 is 18.9 Å². The third-order valence-corrected chi connectivity index (χ3v) is 6.53. The molecule has 0 aromatic heterocycles. The summed E-state index contributed by atoms with van der Waals surface area (Å²) in [5, 5.41) is 3.72. The molecule has 6 heteroatoms. The van der Waals surface area contributed by atoms with Crippen molar-refractivity contribution in [1.29, 1.82) is 0 Å². The molecule has 0 spiro atoms. The van der Waals surface area contributed by atoms with E-state index in [0.717, 1.165) is 58.5 Å². The van der Waals surface area contributed by atoms with Gasteiger partial charge in [0.25, 0.3) is 5.91 Å². The lowest BCUT2D eigenvalue weighted by Crippen LogP contribution is -2.41. The van der Waals surface area contributed by atoms with Crippen LogP contribution in [0.1, 0.15) is 28.8 Å². The molecule has 30 heavy (non-hydrogen) atoms. The third-order valence-electron chi connectivity index (χ3n) is 6.53. The Labute approximate surface area is 175 Å². The van der Waals surface area contributed by atoms with Gasteiger partial charge in [0.2, 0.25) is 0 Å². The summed E-state index contributed by atoms with van der Waals surface area (Å²) in [6, 6.07) is 8.07. The molecule has 1 atom stereocenters. The molecule has 0 bridgehead atoms. The van der Waals surface area contributed by atoms with E-state index in [-0.39, 0.29) is 11.9 Å². The van der Waals surface area contributed by atoms with E-state index in [4.69, 9.17) is 18.9 Å². The molecule has 0 radical (unpaired) electrons. The second-order valence-electron chi connectivity index (χ2n) is 7.83. The first kappa shape index (κ1) is 18.9. The summed E-state index contributed by atoms with van der Waals surface area (Å²) >= 11 is 0. The Bertz CT molecular complexity index is 1190. The maximum absolute atomic E-state index is 13.6. The molecule has 5 rings (SSSR count). The smallest absolute Gasteiger partial charge is 0.255 e. The van der Waals surface area contributed by atoms with Gasteiger partial charge in [-0.3, -0.25) is 4.79 Å². The van der Waals surface area contributed by atoms with E-state index in [1.165, 1.54) is 0 Å². The second-order valence-corrected chi connectivity index (χ2v) is 7.83. The molecule has 1 unspecified atom stereocenters. The number of amides is 1. The Hall–Kier alpha value is -3.15. The molecule has 1 saturated heterocycles. The minimum absolute atomic E-state index is 0.104. The Morgan fingerprint density at radius 1 is 0.867 bits per heavy atom. The highest BCUT2D eigenvalue weighted by Gasteiger charge is 2.38. The van der Waals surface area contributed by atoms with Crippen molar-refractivity contribution in [3.05, 3.63) is 35.4 Å². The van der Waals surface area contributed by atoms with E-state index in [0.29, 0.717) is 23.0 Å². The van der Waals surface area contributed by atoms with Crippen LogP contribution in [0.4, 0.5) is 0 Å². The second kappa shape index (κ2) is 6.97. The average Bonchev–Trinajstić information content (AvgIpc) is 3.26. The summed E-state index contributed by atoms with van der Waals surface area (Å²) < 4.78 is 22.5. The van der Waals surface area contributed by atoms with Crippen LogP contribution in [0.25, 0.3) is 21.5 Å². The lowest BCUT2D eigenvalue weighted by Gasteiger charge is -2.33. The standard InChI is InChI=1S/C24H25NO5/c1-27-18-8-7-14-21(23(18)30-4)17-12-20(29-3)19(28-2)11-15(17)16-10-13-6-5-9-25(13)24(26)22(14)16/h7-8,11-13H,5-6,9-10H2,1-4H3. The topological polar surface area (TPSA) is 57.2 Å². The molecule has 1 amide bonds. The van der Waals surface area contributed by atoms with Gasteiger partial charge in [0.15, 0.2) is 23.0 Å². The molecule has 3 aromatic rings. The zero-order chi connectivity index (χ0) is 21.0. The number of ether oxygens (including phenoxy) is 4. The number of benzene rings is 3. The van der Waals surface area contributed by atoms with E-state index < -0.39 is 0 Å². The number of nitrogens with zero attached hydrogens (tertiary/aromatic N) is 1. The molecular formula is C24H25NO5. The van der Waals surface area contributed by atoms with E-state index in [9.17, 15) is 4.79 Å². The SMILES string of the molecule is COc1cc2c3c(c4ccc(OC)c(OC)c4c2cc1OC)C(=O)N1CCCC1C3. The van der Waals surface area contributed by atoms with Gasteiger partial charge in [0, 0.05) is 18.0 Å². The predicted octanol–water partition coefficient (Wildman–Crippen LogP) is 4.19. The molecule has 0 aliphatic carbocycles. The molecule has 0 N–H and O–H groups in total. The number of rotatable bonds is 4. The Morgan fingerprint density at radius 2 is 1.57 bits per heavy atom. The summed E-state index contributed by atoms with van der Waals surface area (Å²) in [6.07, 6.45) is 2.94. The molecule has 2 heterocycles. The third kappa shape index (κ3) is 2.46. The molecule has 156 valence electrons. The fourth-order valence-electron chi connectivity index (χ4n) is 5.19. The van der Waals surface area contributed by atoms with Crippen molar-refractivity contribution >= 4 is 27.5 Å². The zero-order valence-electron chi connectivity index (χ0n) is 17.7. The normalized spacial score (nSPS) is 17.8. The van der Waals surface area contributed by atoms with Crippen molar-refractivity contribution in [1.82, 2.24) is 4.90 Å². The van der Waals surface area contributed by atoms with Gasteiger partial charge in [0.05, 0.1) is 34.0 Å². The summed E-state index contributed by atoms with van der Waals surface area (Å²) in [6.45, 7) is 0.821. The minimum atomic E-state index is 0.104. The maximum Gasteiger partial charge on any atom is 0.255 e. The number of hydrogen-bond acceptors (Lipinski definition) is 5. The fraction of sp³-hybridized carbons (Fsp3) is 0.375. The summed E-state index contributed by atoms with van der Waals surface area (Å²) in [5.41, 5.74) is 1.85. The largest absolute Gasteiger partial charge is 0.493 e. The van der Waals surface area contributed by atoms with Crippen LogP contribution in [0.5, 0.6) is 23.0 Å². The van der Waals surface area contributed by atoms with Crippen LogP contribution >= 0.6 is 0 Å². The van der Waals surface area contributed by atoms with Gasteiger partial charge in [-0.25, -0.2) is 0 Å². The van der Waals surface area contributed by atoms with Crippen molar-refractivity contribution in [2.75, 3.05) is 35.0 Å². The van der Waals surface area contributed by atoms with Crippen molar-refractivity contribution in [2.24, 2.45) is 0 Å². The van der Waals surface area contributed by atoms with Gasteiger partial charge < -0.3 is 23.8 Å². The summed E-state index contributed by atoms with van der Waals surface area (Å²) in [5.74, 6) is 2.64. The molecule has 0 saturated carbocycles. The van der Waals surface area contributed by atoms with Gasteiger partial charge in [-0.05, 0) is 65.3 Å². The van der Waals surface area contributed by atoms with Crippen LogP contribution in [-0.4, -0.2) is 51.8 Å². The van der Waals surface area contributed by atoms with Gasteiger partial charge >= 0.3 is 0 Å². The van der Waals surface area contributed by atoms with Crippen LogP contribution in [-0.2, 0) is 6.42 Å². The van der Waals surface area contributed by atoms with Gasteiger partial charge in [-0.2, -0.15) is 0 Å². The van der Waals surface area contributed by atoms with Crippen molar-refractivity contribution in [3.8, 4) is 23.0 Å². The van der Waals surface area contributed by atoms with E-state index >= 15 is 0 Å². The Balaban J connectivity index is 1.98. The zero-order valence-corrected chi connectivity index (χ0v) is 17.7. The molecule has 2 aliphatic rings. The van der Waals surface area contributed by atoms with Crippen LogP contribution in [0.3, 0.4) is 0 Å². The monoisotopic (exact) mass is 407 g/mol. The Kier molecular flexibility index (Phi) is 4.38. The number of carbonyl (C=O) groups is 1. The lowest BCUT2D eigenvalue weighted by molar-refractivity contribution is 0.0717. The van der Waals surface area contributed by atoms with Crippen molar-refractivity contribution in [3.63, 3.8) is 0 Å². The van der Waals surface area contributed by atoms with Gasteiger partial charge in [0.1, 0.15) is 0 Å². The number of hydrogen-bond donors (Lipinski definition) is 0. The first-order valence-corrected chi connectivity index (χ1v) is 10.2. The van der Waals surface area contributed by atoms with Crippen LogP contribution in [0.2, 0.25) is 0 Å². The molecule has 6 nitrogen and oxygen atoms in total. The van der Waals surface area contributed by atoms with Crippen molar-refractivity contribution < 1.29 is 23.7 Å². The highest BCUT2D eigenvalue weighted by atomic mass is 16.5. The average molecular weight is 407 g/mol. The molecule has 3 aromatic carbocycles. The van der Waals surface area contributed by atoms with E-state index in [1.54, 1.807) is 28.4 Å². The van der Waals surface area contributed by atoms with Gasteiger partial charge in [-0.1, -0.05) is 0 Å². The number of carbonyl (C=O) groups excluding carboxylic acids is 1. The highest BCUT2D eigenvalue weighted by molar-refractivity contribution is 6.22. The quantitative estimate of drug-likeness (QED) is 0.607. The van der Waals surface area contributed by atoms with Crippen LogP contribution in [0, 0.1) is 0 Å². The number of fused-ring (bicyclic) bond motifs is 7. The fourth-order valence-corrected chi connectivity index (χ4v) is 5.19. The number of methoxy groups -OCH3 is 4. The van der Waals surface area contributed by atoms with Crippen LogP contribution in [0.15, 0.2) is 24.3 Å².